The monoisotopic (exact) mass is 368 g/mol. The van der Waals surface area contributed by atoms with Gasteiger partial charge < -0.3 is 20.1 Å². The van der Waals surface area contributed by atoms with Crippen LogP contribution in [0, 0.1) is 6.92 Å². The van der Waals surface area contributed by atoms with Gasteiger partial charge in [-0.1, -0.05) is 18.2 Å². The lowest BCUT2D eigenvalue weighted by Crippen LogP contribution is -2.28. The van der Waals surface area contributed by atoms with Gasteiger partial charge in [-0.2, -0.15) is 0 Å². The Morgan fingerprint density at radius 1 is 1.04 bits per heavy atom. The highest BCUT2D eigenvalue weighted by Crippen LogP contribution is 2.37. The minimum Gasteiger partial charge on any atom is -0.454 e. The first-order valence-electron chi connectivity index (χ1n) is 8.54. The second-order valence-electron chi connectivity index (χ2n) is 6.18. The van der Waals surface area contributed by atoms with E-state index in [2.05, 4.69) is 10.6 Å². The van der Waals surface area contributed by atoms with Gasteiger partial charge in [-0.25, -0.2) is 0 Å². The Balaban J connectivity index is 1.59. The predicted molar refractivity (Wildman–Crippen MR) is 99.3 cm³/mol. The zero-order valence-corrected chi connectivity index (χ0v) is 15.1. The van der Waals surface area contributed by atoms with Gasteiger partial charge >= 0.3 is 0 Å². The summed E-state index contributed by atoms with van der Waals surface area (Å²) in [6.45, 7) is 3.52. The Labute approximate surface area is 156 Å². The summed E-state index contributed by atoms with van der Waals surface area (Å²) in [6.07, 6.45) is 0.0728. The minimum absolute atomic E-state index is 0.0728. The summed E-state index contributed by atoms with van der Waals surface area (Å²) in [5, 5.41) is 5.42. The van der Waals surface area contributed by atoms with Gasteiger partial charge in [-0.3, -0.25) is 14.4 Å². The van der Waals surface area contributed by atoms with Crippen molar-refractivity contribution in [3.63, 3.8) is 0 Å². The Kier molecular flexibility index (Phi) is 5.40. The summed E-state index contributed by atoms with van der Waals surface area (Å²) in [5.41, 5.74) is 2.15. The highest BCUT2D eigenvalue weighted by Gasteiger charge is 2.20. The number of nitrogens with one attached hydrogen (secondary N) is 2. The molecular weight excluding hydrogens is 348 g/mol. The molecule has 2 N–H and O–H groups in total. The van der Waals surface area contributed by atoms with Crippen molar-refractivity contribution in [2.24, 2.45) is 0 Å². The fourth-order valence-electron chi connectivity index (χ4n) is 2.76. The van der Waals surface area contributed by atoms with Gasteiger partial charge in [0.1, 0.15) is 0 Å². The summed E-state index contributed by atoms with van der Waals surface area (Å²) in [7, 11) is 0. The third-order valence-corrected chi connectivity index (χ3v) is 4.19. The number of carbonyl (C=O) groups excluding carboxylic acids is 3. The second kappa shape index (κ2) is 7.90. The topological polar surface area (TPSA) is 93.7 Å². The quantitative estimate of drug-likeness (QED) is 0.765. The molecule has 2 aromatic carbocycles. The Morgan fingerprint density at radius 2 is 1.74 bits per heavy atom. The number of rotatable bonds is 6. The van der Waals surface area contributed by atoms with Crippen molar-refractivity contribution in [1.82, 2.24) is 5.32 Å². The largest absolute Gasteiger partial charge is 0.454 e. The Morgan fingerprint density at radius 3 is 2.44 bits per heavy atom. The molecule has 0 unspecified atom stereocenters. The molecule has 3 rings (SSSR count). The van der Waals surface area contributed by atoms with Gasteiger partial charge in [-0.15, -0.1) is 0 Å². The van der Waals surface area contributed by atoms with E-state index in [9.17, 15) is 14.4 Å². The molecule has 0 aliphatic carbocycles. The van der Waals surface area contributed by atoms with E-state index in [1.807, 2.05) is 19.1 Å². The average molecular weight is 368 g/mol. The van der Waals surface area contributed by atoms with Crippen LogP contribution >= 0.6 is 0 Å². The van der Waals surface area contributed by atoms with E-state index >= 15 is 0 Å². The van der Waals surface area contributed by atoms with Crippen molar-refractivity contribution in [2.75, 3.05) is 18.7 Å². The molecule has 1 heterocycles. The summed E-state index contributed by atoms with van der Waals surface area (Å²) in [6, 6.07) is 10.4. The molecule has 0 saturated carbocycles. The van der Waals surface area contributed by atoms with E-state index in [4.69, 9.17) is 9.47 Å². The maximum atomic E-state index is 12.2. The average Bonchev–Trinajstić information content (AvgIpc) is 3.08. The lowest BCUT2D eigenvalue weighted by molar-refractivity contribution is -0.116. The molecule has 0 saturated heterocycles. The van der Waals surface area contributed by atoms with Crippen LogP contribution in [0.1, 0.15) is 39.6 Å². The molecule has 2 aromatic rings. The van der Waals surface area contributed by atoms with Crippen LogP contribution in [0.25, 0.3) is 0 Å². The molecule has 0 fully saturated rings. The molecule has 0 aromatic heterocycles. The number of amides is 2. The zero-order chi connectivity index (χ0) is 19.4. The first kappa shape index (κ1) is 18.4. The molecule has 7 nitrogen and oxygen atoms in total. The molecule has 7 heteroatoms. The van der Waals surface area contributed by atoms with Gasteiger partial charge in [0, 0.05) is 30.2 Å². The van der Waals surface area contributed by atoms with Crippen molar-refractivity contribution >= 4 is 23.3 Å². The van der Waals surface area contributed by atoms with Gasteiger partial charge in [-0.05, 0) is 31.5 Å². The summed E-state index contributed by atoms with van der Waals surface area (Å²) >= 11 is 0. The number of ether oxygens (including phenoxy) is 2. The molecule has 1 aliphatic rings. The molecule has 140 valence electrons. The van der Waals surface area contributed by atoms with E-state index in [0.29, 0.717) is 28.3 Å². The molecule has 27 heavy (non-hydrogen) atoms. The number of hydrogen-bond acceptors (Lipinski definition) is 5. The molecule has 0 spiro atoms. The van der Waals surface area contributed by atoms with Crippen LogP contribution in [0.15, 0.2) is 36.4 Å². The van der Waals surface area contributed by atoms with Gasteiger partial charge in [0.15, 0.2) is 17.3 Å². The highest BCUT2D eigenvalue weighted by atomic mass is 16.7. The maximum Gasteiger partial charge on any atom is 0.251 e. The molecule has 0 bridgehead atoms. The van der Waals surface area contributed by atoms with E-state index in [-0.39, 0.29) is 37.4 Å². The molecule has 0 radical (unpaired) electrons. The van der Waals surface area contributed by atoms with Crippen LogP contribution in [0.2, 0.25) is 0 Å². The number of Topliss-reactive ketones (excluding diaryl/α,β-unsaturated/α-hetero) is 1. The Hall–Kier alpha value is -3.35. The van der Waals surface area contributed by atoms with E-state index in [1.54, 1.807) is 24.3 Å². The van der Waals surface area contributed by atoms with Crippen molar-refractivity contribution in [3.8, 4) is 11.5 Å². The van der Waals surface area contributed by atoms with Crippen molar-refractivity contribution < 1.29 is 23.9 Å². The lowest BCUT2D eigenvalue weighted by atomic mass is 10.1. The number of carbonyl (C=O) groups is 3. The van der Waals surface area contributed by atoms with Crippen molar-refractivity contribution in [2.45, 2.75) is 20.3 Å². The normalized spacial score (nSPS) is 11.8. The summed E-state index contributed by atoms with van der Waals surface area (Å²) < 4.78 is 10.5. The van der Waals surface area contributed by atoms with E-state index < -0.39 is 0 Å². The molecule has 1 aliphatic heterocycles. The van der Waals surface area contributed by atoms with E-state index in [0.717, 1.165) is 5.56 Å². The first-order chi connectivity index (χ1) is 13.0. The SMILES string of the molecule is CC(=O)c1cc2c(cc1NC(=O)CCNC(=O)c1ccccc1C)OCO2. The van der Waals surface area contributed by atoms with Crippen molar-refractivity contribution in [3.05, 3.63) is 53.1 Å². The van der Waals surface area contributed by atoms with Crippen LogP contribution in [0.5, 0.6) is 11.5 Å². The van der Waals surface area contributed by atoms with Crippen molar-refractivity contribution in [1.29, 1.82) is 0 Å². The predicted octanol–water partition coefficient (Wildman–Crippen LogP) is 2.68. The molecule has 0 atom stereocenters. The van der Waals surface area contributed by atoms with Crippen LogP contribution in [0.3, 0.4) is 0 Å². The number of benzene rings is 2. The van der Waals surface area contributed by atoms with Crippen LogP contribution in [0.4, 0.5) is 5.69 Å². The number of ketones is 1. The van der Waals surface area contributed by atoms with Crippen LogP contribution < -0.4 is 20.1 Å². The molecule has 2 amide bonds. The van der Waals surface area contributed by atoms with Gasteiger partial charge in [0.05, 0.1) is 5.69 Å². The number of anilines is 1. The third-order valence-electron chi connectivity index (χ3n) is 4.19. The summed E-state index contributed by atoms with van der Waals surface area (Å²) in [4.78, 5) is 36.2. The van der Waals surface area contributed by atoms with Gasteiger partial charge in [0.25, 0.3) is 5.91 Å². The van der Waals surface area contributed by atoms with E-state index in [1.165, 1.54) is 6.92 Å². The maximum absolute atomic E-state index is 12.2. The number of fused-ring (bicyclic) bond motifs is 1. The Bertz CT molecular complexity index is 907. The highest BCUT2D eigenvalue weighted by molar-refractivity contribution is 6.04. The van der Waals surface area contributed by atoms with Crippen LogP contribution in [-0.2, 0) is 4.79 Å². The standard InChI is InChI=1S/C20H20N2O5/c1-12-5-3-4-6-14(12)20(25)21-8-7-19(24)22-16-10-18-17(26-11-27-18)9-15(16)13(2)23/h3-6,9-10H,7-8,11H2,1-2H3,(H,21,25)(H,22,24). The fraction of sp³-hybridized carbons (Fsp3) is 0.250. The number of hydrogen-bond donors (Lipinski definition) is 2. The lowest BCUT2D eigenvalue weighted by Gasteiger charge is -2.11. The number of aryl methyl sites for hydroxylation is 1. The second-order valence-corrected chi connectivity index (χ2v) is 6.18. The van der Waals surface area contributed by atoms with Gasteiger partial charge in [0.2, 0.25) is 12.7 Å². The third kappa shape index (κ3) is 4.25. The zero-order valence-electron chi connectivity index (χ0n) is 15.1. The fourth-order valence-corrected chi connectivity index (χ4v) is 2.76. The molecular formula is C20H20N2O5. The minimum atomic E-state index is -0.318. The summed E-state index contributed by atoms with van der Waals surface area (Å²) in [5.74, 6) is 0.207. The smallest absolute Gasteiger partial charge is 0.251 e. The van der Waals surface area contributed by atoms with Crippen LogP contribution in [-0.4, -0.2) is 30.9 Å². The first-order valence-corrected chi connectivity index (χ1v) is 8.54.